The van der Waals surface area contributed by atoms with Crippen LogP contribution in [0.2, 0.25) is 0 Å². The van der Waals surface area contributed by atoms with Gasteiger partial charge in [0, 0.05) is 17.1 Å². The maximum absolute atomic E-state index is 13.8. The van der Waals surface area contributed by atoms with E-state index in [0.29, 0.717) is 5.69 Å². The third kappa shape index (κ3) is 2.47. The van der Waals surface area contributed by atoms with E-state index >= 15 is 0 Å². The molecule has 0 spiro atoms. The highest BCUT2D eigenvalue weighted by Crippen LogP contribution is 2.26. The van der Waals surface area contributed by atoms with Gasteiger partial charge in [-0.1, -0.05) is 0 Å². The van der Waals surface area contributed by atoms with Crippen molar-refractivity contribution in [2.24, 2.45) is 0 Å². The van der Waals surface area contributed by atoms with Gasteiger partial charge in [-0.15, -0.1) is 0 Å². The van der Waals surface area contributed by atoms with Gasteiger partial charge in [0.1, 0.15) is 11.3 Å². The van der Waals surface area contributed by atoms with Crippen LogP contribution in [-0.2, 0) is 0 Å². The van der Waals surface area contributed by atoms with Crippen LogP contribution < -0.4 is 5.32 Å². The summed E-state index contributed by atoms with van der Waals surface area (Å²) in [4.78, 5) is 16.0. The van der Waals surface area contributed by atoms with Crippen molar-refractivity contribution in [1.29, 1.82) is 0 Å². The lowest BCUT2D eigenvalue weighted by Gasteiger charge is -2.09. The number of amides is 1. The standard InChI is InChI=1S/C15H10F2N2O2/c1-8-5-12(19-15(20)13-3-2-4-21-13)10-6-9(16)7-11(17)14(10)18-8/h2-7H,1H3,(H,18,19,20). The molecule has 3 rings (SSSR count). The van der Waals surface area contributed by atoms with Crippen LogP contribution in [0.25, 0.3) is 10.9 Å². The highest BCUT2D eigenvalue weighted by molar-refractivity contribution is 6.07. The molecule has 0 radical (unpaired) electrons. The van der Waals surface area contributed by atoms with E-state index in [1.54, 1.807) is 19.1 Å². The highest BCUT2D eigenvalue weighted by Gasteiger charge is 2.14. The molecule has 0 fully saturated rings. The molecule has 21 heavy (non-hydrogen) atoms. The first kappa shape index (κ1) is 13.2. The maximum atomic E-state index is 13.8. The molecule has 1 amide bonds. The minimum absolute atomic E-state index is 0.00569. The SMILES string of the molecule is Cc1cc(NC(=O)c2ccco2)c2cc(F)cc(F)c2n1. The Bertz CT molecular complexity index is 829. The van der Waals surface area contributed by atoms with Crippen LogP contribution in [0, 0.1) is 18.6 Å². The lowest BCUT2D eigenvalue weighted by molar-refractivity contribution is 0.0997. The number of pyridine rings is 1. The lowest BCUT2D eigenvalue weighted by atomic mass is 10.1. The molecule has 6 heteroatoms. The molecule has 4 nitrogen and oxygen atoms in total. The second-order valence-corrected chi connectivity index (χ2v) is 4.53. The molecule has 0 unspecified atom stereocenters. The Balaban J connectivity index is 2.11. The van der Waals surface area contributed by atoms with E-state index in [-0.39, 0.29) is 22.4 Å². The first-order chi connectivity index (χ1) is 10.0. The van der Waals surface area contributed by atoms with Gasteiger partial charge < -0.3 is 9.73 Å². The van der Waals surface area contributed by atoms with E-state index in [2.05, 4.69) is 10.3 Å². The monoisotopic (exact) mass is 288 g/mol. The Morgan fingerprint density at radius 3 is 2.81 bits per heavy atom. The van der Waals surface area contributed by atoms with Gasteiger partial charge in [-0.2, -0.15) is 0 Å². The van der Waals surface area contributed by atoms with E-state index in [9.17, 15) is 13.6 Å². The van der Waals surface area contributed by atoms with Crippen LogP contribution in [0.3, 0.4) is 0 Å². The summed E-state index contributed by atoms with van der Waals surface area (Å²) in [5, 5.41) is 2.77. The van der Waals surface area contributed by atoms with E-state index in [4.69, 9.17) is 4.42 Å². The Morgan fingerprint density at radius 1 is 1.29 bits per heavy atom. The molecule has 0 atom stereocenters. The van der Waals surface area contributed by atoms with Gasteiger partial charge >= 0.3 is 0 Å². The van der Waals surface area contributed by atoms with Gasteiger partial charge in [-0.3, -0.25) is 4.79 Å². The molecule has 3 aromatic rings. The van der Waals surface area contributed by atoms with Crippen LogP contribution >= 0.6 is 0 Å². The van der Waals surface area contributed by atoms with Crippen molar-refractivity contribution in [2.75, 3.05) is 5.32 Å². The molecule has 0 bridgehead atoms. The molecular weight excluding hydrogens is 278 g/mol. The molecule has 0 aliphatic heterocycles. The Kier molecular flexibility index (Phi) is 3.13. The number of carbonyl (C=O) groups excluding carboxylic acids is 1. The summed E-state index contributed by atoms with van der Waals surface area (Å²) in [6.07, 6.45) is 1.37. The second-order valence-electron chi connectivity index (χ2n) is 4.53. The predicted molar refractivity (Wildman–Crippen MR) is 73.1 cm³/mol. The fourth-order valence-corrected chi connectivity index (χ4v) is 2.08. The normalized spacial score (nSPS) is 10.8. The van der Waals surface area contributed by atoms with Crippen molar-refractivity contribution < 1.29 is 18.0 Å². The summed E-state index contributed by atoms with van der Waals surface area (Å²) in [6, 6.07) is 6.49. The van der Waals surface area contributed by atoms with Crippen molar-refractivity contribution in [3.8, 4) is 0 Å². The summed E-state index contributed by atoms with van der Waals surface area (Å²) in [5.74, 6) is -1.91. The largest absolute Gasteiger partial charge is 0.459 e. The van der Waals surface area contributed by atoms with Gasteiger partial charge in [-0.25, -0.2) is 13.8 Å². The number of anilines is 1. The van der Waals surface area contributed by atoms with Gasteiger partial charge in [0.25, 0.3) is 5.91 Å². The van der Waals surface area contributed by atoms with Gasteiger partial charge in [0.2, 0.25) is 0 Å². The number of rotatable bonds is 2. The molecule has 0 aliphatic carbocycles. The molecule has 1 aromatic carbocycles. The van der Waals surface area contributed by atoms with Crippen LogP contribution in [0.15, 0.2) is 41.0 Å². The van der Waals surface area contributed by atoms with Gasteiger partial charge in [0.05, 0.1) is 12.0 Å². The van der Waals surface area contributed by atoms with Crippen molar-refractivity contribution >= 4 is 22.5 Å². The van der Waals surface area contributed by atoms with E-state index in [0.717, 1.165) is 12.1 Å². The van der Waals surface area contributed by atoms with E-state index in [1.807, 2.05) is 0 Å². The minimum Gasteiger partial charge on any atom is -0.459 e. The molecule has 2 aromatic heterocycles. The second kappa shape index (κ2) is 4.97. The molecule has 0 saturated heterocycles. The molecule has 0 aliphatic rings. The highest BCUT2D eigenvalue weighted by atomic mass is 19.1. The Hall–Kier alpha value is -2.76. The summed E-state index contributed by atoms with van der Waals surface area (Å²) in [5.41, 5.74) is 0.784. The Morgan fingerprint density at radius 2 is 2.10 bits per heavy atom. The van der Waals surface area contributed by atoms with Crippen LogP contribution in [0.5, 0.6) is 0 Å². The predicted octanol–water partition coefficient (Wildman–Crippen LogP) is 3.67. The summed E-state index contributed by atoms with van der Waals surface area (Å²) in [7, 11) is 0. The molecule has 106 valence electrons. The van der Waals surface area contributed by atoms with Gasteiger partial charge in [-0.05, 0) is 31.2 Å². The quantitative estimate of drug-likeness (QED) is 0.782. The van der Waals surface area contributed by atoms with Crippen molar-refractivity contribution in [2.45, 2.75) is 6.92 Å². The zero-order valence-electron chi connectivity index (χ0n) is 11.0. The number of hydrogen-bond acceptors (Lipinski definition) is 3. The maximum Gasteiger partial charge on any atom is 0.291 e. The number of nitrogens with one attached hydrogen (secondary N) is 1. The Labute approximate surface area is 118 Å². The molecule has 0 saturated carbocycles. The average Bonchev–Trinajstić information content (AvgIpc) is 2.94. The van der Waals surface area contributed by atoms with Crippen LogP contribution in [0.4, 0.5) is 14.5 Å². The fraction of sp³-hybridized carbons (Fsp3) is 0.0667. The number of carbonyl (C=O) groups is 1. The third-order valence-electron chi connectivity index (χ3n) is 2.95. The summed E-state index contributed by atoms with van der Waals surface area (Å²) >= 11 is 0. The number of aromatic nitrogens is 1. The number of benzene rings is 1. The minimum atomic E-state index is -0.776. The summed E-state index contributed by atoms with van der Waals surface area (Å²) in [6.45, 7) is 1.66. The number of hydrogen-bond donors (Lipinski definition) is 1. The van der Waals surface area contributed by atoms with Crippen LogP contribution in [-0.4, -0.2) is 10.9 Å². The molecule has 2 heterocycles. The zero-order chi connectivity index (χ0) is 15.0. The third-order valence-corrected chi connectivity index (χ3v) is 2.95. The number of fused-ring (bicyclic) bond motifs is 1. The van der Waals surface area contributed by atoms with Crippen molar-refractivity contribution in [1.82, 2.24) is 4.98 Å². The number of furan rings is 1. The molecule has 1 N–H and O–H groups in total. The van der Waals surface area contributed by atoms with E-state index < -0.39 is 17.5 Å². The lowest BCUT2D eigenvalue weighted by Crippen LogP contribution is -2.12. The van der Waals surface area contributed by atoms with Crippen molar-refractivity contribution in [3.05, 3.63) is 59.7 Å². The van der Waals surface area contributed by atoms with Crippen molar-refractivity contribution in [3.63, 3.8) is 0 Å². The molecular formula is C15H10F2N2O2. The smallest absolute Gasteiger partial charge is 0.291 e. The van der Waals surface area contributed by atoms with Gasteiger partial charge in [0.15, 0.2) is 11.6 Å². The number of aryl methyl sites for hydroxylation is 1. The first-order valence-electron chi connectivity index (χ1n) is 6.16. The van der Waals surface area contributed by atoms with E-state index in [1.165, 1.54) is 12.3 Å². The average molecular weight is 288 g/mol. The topological polar surface area (TPSA) is 55.1 Å². The fourth-order valence-electron chi connectivity index (χ4n) is 2.08. The first-order valence-corrected chi connectivity index (χ1v) is 6.16. The number of nitrogens with zero attached hydrogens (tertiary/aromatic N) is 1. The summed E-state index contributed by atoms with van der Waals surface area (Å²) < 4.78 is 32.2. The number of halogens is 2. The van der Waals surface area contributed by atoms with Crippen LogP contribution in [0.1, 0.15) is 16.2 Å². The zero-order valence-corrected chi connectivity index (χ0v) is 11.0.